The molecule has 0 saturated carbocycles. The van der Waals surface area contributed by atoms with Crippen LogP contribution in [0.1, 0.15) is 16.1 Å². The predicted molar refractivity (Wildman–Crippen MR) is 51.4 cm³/mol. The standard InChI is InChI=1S/C9H13N3O/c1-6-4-8(10)7(5-11-6)9(13)12(2)3/h4-5H,1-3H3,(H2,10,11). The molecule has 4 nitrogen and oxygen atoms in total. The molecule has 13 heavy (non-hydrogen) atoms. The highest BCUT2D eigenvalue weighted by molar-refractivity contribution is 5.98. The van der Waals surface area contributed by atoms with Gasteiger partial charge in [0.15, 0.2) is 0 Å². The number of nitrogens with zero attached hydrogens (tertiary/aromatic N) is 2. The van der Waals surface area contributed by atoms with Crippen LogP contribution in [0, 0.1) is 6.92 Å². The first kappa shape index (κ1) is 9.51. The minimum Gasteiger partial charge on any atom is -0.398 e. The molecule has 1 rings (SSSR count). The lowest BCUT2D eigenvalue weighted by molar-refractivity contribution is 0.0828. The molecule has 0 radical (unpaired) electrons. The number of nitrogen functional groups attached to an aromatic ring is 1. The van der Waals surface area contributed by atoms with Crippen molar-refractivity contribution in [2.75, 3.05) is 19.8 Å². The maximum atomic E-state index is 11.5. The topological polar surface area (TPSA) is 59.2 Å². The summed E-state index contributed by atoms with van der Waals surface area (Å²) < 4.78 is 0. The molecule has 0 aliphatic rings. The number of rotatable bonds is 1. The van der Waals surface area contributed by atoms with Crippen molar-refractivity contribution >= 4 is 11.6 Å². The van der Waals surface area contributed by atoms with Crippen LogP contribution in [-0.2, 0) is 0 Å². The molecule has 1 aromatic heterocycles. The van der Waals surface area contributed by atoms with E-state index in [1.807, 2.05) is 6.92 Å². The van der Waals surface area contributed by atoms with Crippen molar-refractivity contribution in [1.82, 2.24) is 9.88 Å². The van der Waals surface area contributed by atoms with Gasteiger partial charge in [0, 0.05) is 31.7 Å². The van der Waals surface area contributed by atoms with E-state index in [4.69, 9.17) is 5.73 Å². The summed E-state index contributed by atoms with van der Waals surface area (Å²) in [7, 11) is 3.36. The van der Waals surface area contributed by atoms with E-state index in [9.17, 15) is 4.79 Å². The van der Waals surface area contributed by atoms with Crippen LogP contribution < -0.4 is 5.73 Å². The maximum Gasteiger partial charge on any atom is 0.257 e. The average molecular weight is 179 g/mol. The van der Waals surface area contributed by atoms with Crippen molar-refractivity contribution in [3.8, 4) is 0 Å². The molecule has 70 valence electrons. The molecule has 1 amide bonds. The minimum atomic E-state index is -0.120. The number of pyridine rings is 1. The highest BCUT2D eigenvalue weighted by Gasteiger charge is 2.11. The number of carbonyl (C=O) groups excluding carboxylic acids is 1. The second-order valence-corrected chi connectivity index (χ2v) is 3.11. The van der Waals surface area contributed by atoms with Crippen LogP contribution in [0.3, 0.4) is 0 Å². The van der Waals surface area contributed by atoms with Gasteiger partial charge in [-0.25, -0.2) is 0 Å². The third-order valence-corrected chi connectivity index (χ3v) is 1.71. The number of hydrogen-bond donors (Lipinski definition) is 1. The number of aryl methyl sites for hydroxylation is 1. The normalized spacial score (nSPS) is 9.77. The molecule has 0 saturated heterocycles. The highest BCUT2D eigenvalue weighted by Crippen LogP contribution is 2.12. The van der Waals surface area contributed by atoms with Gasteiger partial charge in [0.25, 0.3) is 5.91 Å². The fraction of sp³-hybridized carbons (Fsp3) is 0.333. The average Bonchev–Trinajstić information content (AvgIpc) is 2.03. The second kappa shape index (κ2) is 3.43. The fourth-order valence-electron chi connectivity index (χ4n) is 1.00. The molecule has 0 spiro atoms. The van der Waals surface area contributed by atoms with Crippen molar-refractivity contribution < 1.29 is 4.79 Å². The van der Waals surface area contributed by atoms with Crippen LogP contribution in [0.2, 0.25) is 0 Å². The number of aromatic nitrogens is 1. The number of hydrogen-bond acceptors (Lipinski definition) is 3. The lowest BCUT2D eigenvalue weighted by Crippen LogP contribution is -2.23. The molecule has 1 heterocycles. The third kappa shape index (κ3) is 1.96. The minimum absolute atomic E-state index is 0.120. The van der Waals surface area contributed by atoms with Crippen molar-refractivity contribution in [2.45, 2.75) is 6.92 Å². The number of carbonyl (C=O) groups is 1. The maximum absolute atomic E-state index is 11.5. The molecule has 1 aromatic rings. The Kier molecular flexibility index (Phi) is 2.51. The Morgan fingerprint density at radius 2 is 2.15 bits per heavy atom. The molecule has 0 aliphatic carbocycles. The van der Waals surface area contributed by atoms with Crippen LogP contribution in [0.4, 0.5) is 5.69 Å². The van der Waals surface area contributed by atoms with Crippen LogP contribution in [0.25, 0.3) is 0 Å². The summed E-state index contributed by atoms with van der Waals surface area (Å²) in [6.45, 7) is 1.83. The summed E-state index contributed by atoms with van der Waals surface area (Å²) in [4.78, 5) is 17.0. The van der Waals surface area contributed by atoms with E-state index in [0.29, 0.717) is 11.3 Å². The van der Waals surface area contributed by atoms with Crippen molar-refractivity contribution in [2.24, 2.45) is 0 Å². The van der Waals surface area contributed by atoms with Gasteiger partial charge < -0.3 is 10.6 Å². The SMILES string of the molecule is Cc1cc(N)c(C(=O)N(C)C)cn1. The van der Waals surface area contributed by atoms with Gasteiger partial charge in [-0.15, -0.1) is 0 Å². The Labute approximate surface area is 77.4 Å². The number of amides is 1. The molecule has 2 N–H and O–H groups in total. The molecular weight excluding hydrogens is 166 g/mol. The first-order chi connectivity index (χ1) is 6.02. The van der Waals surface area contributed by atoms with Gasteiger partial charge in [0.05, 0.1) is 5.56 Å². The zero-order valence-corrected chi connectivity index (χ0v) is 8.03. The first-order valence-electron chi connectivity index (χ1n) is 3.96. The summed E-state index contributed by atoms with van der Waals surface area (Å²) in [5.41, 5.74) is 7.42. The zero-order chi connectivity index (χ0) is 10.0. The summed E-state index contributed by atoms with van der Waals surface area (Å²) in [6.07, 6.45) is 1.51. The predicted octanol–water partition coefficient (Wildman–Crippen LogP) is 0.674. The Morgan fingerprint density at radius 3 is 2.62 bits per heavy atom. The van der Waals surface area contributed by atoms with Gasteiger partial charge in [0.2, 0.25) is 0 Å². The molecule has 0 aliphatic heterocycles. The molecular formula is C9H13N3O. The lowest BCUT2D eigenvalue weighted by Gasteiger charge is -2.11. The Hall–Kier alpha value is -1.58. The first-order valence-corrected chi connectivity index (χ1v) is 3.96. The fourth-order valence-corrected chi connectivity index (χ4v) is 1.00. The van der Waals surface area contributed by atoms with Gasteiger partial charge in [-0.2, -0.15) is 0 Å². The number of anilines is 1. The third-order valence-electron chi connectivity index (χ3n) is 1.71. The van der Waals surface area contributed by atoms with E-state index in [2.05, 4.69) is 4.98 Å². The second-order valence-electron chi connectivity index (χ2n) is 3.11. The Morgan fingerprint density at radius 1 is 1.54 bits per heavy atom. The molecule has 4 heteroatoms. The van der Waals surface area contributed by atoms with Crippen molar-refractivity contribution in [3.63, 3.8) is 0 Å². The van der Waals surface area contributed by atoms with E-state index in [-0.39, 0.29) is 5.91 Å². The Balaban J connectivity index is 3.09. The summed E-state index contributed by atoms with van der Waals surface area (Å²) in [6, 6.07) is 1.69. The van der Waals surface area contributed by atoms with Gasteiger partial charge in [-0.1, -0.05) is 0 Å². The largest absolute Gasteiger partial charge is 0.398 e. The summed E-state index contributed by atoms with van der Waals surface area (Å²) >= 11 is 0. The summed E-state index contributed by atoms with van der Waals surface area (Å²) in [5, 5.41) is 0. The molecule has 0 bridgehead atoms. The molecule has 0 aromatic carbocycles. The molecule has 0 unspecified atom stereocenters. The molecule has 0 fully saturated rings. The van der Waals surface area contributed by atoms with Gasteiger partial charge in [-0.05, 0) is 13.0 Å². The quantitative estimate of drug-likeness (QED) is 0.689. The number of nitrogens with two attached hydrogens (primary N) is 1. The van der Waals surface area contributed by atoms with Crippen molar-refractivity contribution in [1.29, 1.82) is 0 Å². The molecule has 0 atom stereocenters. The van der Waals surface area contributed by atoms with E-state index in [1.165, 1.54) is 11.1 Å². The lowest BCUT2D eigenvalue weighted by atomic mass is 10.2. The Bertz CT molecular complexity index is 334. The van der Waals surface area contributed by atoms with Crippen LogP contribution in [-0.4, -0.2) is 29.9 Å². The van der Waals surface area contributed by atoms with E-state index in [0.717, 1.165) is 5.69 Å². The van der Waals surface area contributed by atoms with Gasteiger partial charge >= 0.3 is 0 Å². The zero-order valence-electron chi connectivity index (χ0n) is 8.03. The van der Waals surface area contributed by atoms with Crippen molar-refractivity contribution in [3.05, 3.63) is 23.5 Å². The van der Waals surface area contributed by atoms with Crippen LogP contribution in [0.5, 0.6) is 0 Å². The summed E-state index contributed by atoms with van der Waals surface area (Å²) in [5.74, 6) is -0.120. The van der Waals surface area contributed by atoms with Gasteiger partial charge in [0.1, 0.15) is 0 Å². The monoisotopic (exact) mass is 179 g/mol. The highest BCUT2D eigenvalue weighted by atomic mass is 16.2. The van der Waals surface area contributed by atoms with Gasteiger partial charge in [-0.3, -0.25) is 9.78 Å². The van der Waals surface area contributed by atoms with E-state index >= 15 is 0 Å². The van der Waals surface area contributed by atoms with E-state index in [1.54, 1.807) is 20.2 Å². The smallest absolute Gasteiger partial charge is 0.257 e. The van der Waals surface area contributed by atoms with Crippen LogP contribution in [0.15, 0.2) is 12.3 Å². The van der Waals surface area contributed by atoms with E-state index < -0.39 is 0 Å². The van der Waals surface area contributed by atoms with Crippen LogP contribution >= 0.6 is 0 Å².